The van der Waals surface area contributed by atoms with Crippen molar-refractivity contribution in [1.82, 2.24) is 15.2 Å². The van der Waals surface area contributed by atoms with Gasteiger partial charge in [0.25, 0.3) is 11.8 Å². The molecule has 14 nitrogen and oxygen atoms in total. The molecule has 2 amide bonds. The van der Waals surface area contributed by atoms with Crippen LogP contribution in [0.2, 0.25) is 0 Å². The Balaban J connectivity index is 0.000000770. The van der Waals surface area contributed by atoms with Crippen molar-refractivity contribution in [2.45, 2.75) is 11.4 Å². The van der Waals surface area contributed by atoms with E-state index in [0.717, 1.165) is 16.2 Å². The molecular weight excluding hydrogens is 517 g/mol. The Hall–Kier alpha value is -1.35. The average Bonchev–Trinajstić information content (AvgIpc) is 3.09. The summed E-state index contributed by atoms with van der Waals surface area (Å²) in [6.45, 7) is 3.56. The molecular formula is C14H14KN5O9S3. The summed E-state index contributed by atoms with van der Waals surface area (Å²) in [4.78, 5) is 41.2. The third kappa shape index (κ3) is 6.82. The quantitative estimate of drug-likeness (QED) is 0.0463. The normalized spacial score (nSPS) is 20.1. The van der Waals surface area contributed by atoms with Gasteiger partial charge in [0.2, 0.25) is 10.4 Å². The zero-order valence-electron chi connectivity index (χ0n) is 16.2. The molecule has 1 aromatic rings. The number of carbonyl (C=O) groups is 3. The molecule has 0 aliphatic carbocycles. The van der Waals surface area contributed by atoms with E-state index in [-0.39, 0.29) is 73.6 Å². The van der Waals surface area contributed by atoms with Crippen molar-refractivity contribution < 1.29 is 93.6 Å². The Morgan fingerprint density at radius 3 is 2.50 bits per heavy atom. The van der Waals surface area contributed by atoms with E-state index in [4.69, 9.17) is 28.5 Å². The maximum absolute atomic E-state index is 12.4. The van der Waals surface area contributed by atoms with Crippen LogP contribution in [-0.2, 0) is 24.8 Å². The summed E-state index contributed by atoms with van der Waals surface area (Å²) in [6.07, 6.45) is 1.40. The van der Waals surface area contributed by atoms with Gasteiger partial charge in [0, 0.05) is 11.1 Å². The maximum atomic E-state index is 12.4. The van der Waals surface area contributed by atoms with Gasteiger partial charge in [0.15, 0.2) is 10.8 Å². The van der Waals surface area contributed by atoms with Gasteiger partial charge < -0.3 is 25.9 Å². The smallest absolute Gasteiger partial charge is 0.726 e. The van der Waals surface area contributed by atoms with E-state index in [1.165, 1.54) is 23.2 Å². The molecule has 1 fully saturated rings. The van der Waals surface area contributed by atoms with Gasteiger partial charge >= 0.3 is 57.4 Å². The van der Waals surface area contributed by atoms with Crippen LogP contribution in [-0.4, -0.2) is 78.4 Å². The van der Waals surface area contributed by atoms with Crippen molar-refractivity contribution in [2.24, 2.45) is 5.16 Å². The molecule has 0 spiro atoms. The number of aromatic nitrogens is 1. The number of carboxylic acids is 1. The molecule has 32 heavy (non-hydrogen) atoms. The molecule has 0 unspecified atom stereocenters. The number of thioether (sulfide) groups is 1. The predicted molar refractivity (Wildman–Crippen MR) is 107 cm³/mol. The number of carbonyl (C=O) groups excluding carboxylic acids is 2. The first-order valence-electron chi connectivity index (χ1n) is 7.85. The molecule has 1 aromatic heterocycles. The van der Waals surface area contributed by atoms with E-state index in [1.807, 2.05) is 0 Å². The molecule has 1 saturated heterocycles. The summed E-state index contributed by atoms with van der Waals surface area (Å²) >= 11 is 2.37. The van der Waals surface area contributed by atoms with Crippen molar-refractivity contribution in [3.05, 3.63) is 35.0 Å². The van der Waals surface area contributed by atoms with E-state index >= 15 is 0 Å². The number of anilines is 1. The van der Waals surface area contributed by atoms with Gasteiger partial charge in [0.05, 0.1) is 0 Å². The molecule has 2 aliphatic heterocycles. The van der Waals surface area contributed by atoms with Gasteiger partial charge in [-0.3, -0.25) is 19.0 Å². The number of hydrogen-bond donors (Lipinski definition) is 5. The summed E-state index contributed by atoms with van der Waals surface area (Å²) in [5.41, 5.74) is 5.49. The van der Waals surface area contributed by atoms with E-state index in [1.54, 1.807) is 0 Å². The number of nitrogen functional groups attached to an aromatic ring is 1. The fourth-order valence-corrected chi connectivity index (χ4v) is 4.51. The first-order valence-corrected chi connectivity index (χ1v) is 11.1. The number of thiazole rings is 1. The zero-order valence-corrected chi connectivity index (χ0v) is 21.7. The van der Waals surface area contributed by atoms with Crippen LogP contribution in [0.25, 0.3) is 0 Å². The molecule has 6 N–H and O–H groups in total. The fourth-order valence-electron chi connectivity index (χ4n) is 2.62. The van der Waals surface area contributed by atoms with Crippen LogP contribution in [0.5, 0.6) is 0 Å². The third-order valence-electron chi connectivity index (χ3n) is 3.81. The fraction of sp³-hybridized carbons (Fsp3) is 0.214. The van der Waals surface area contributed by atoms with Crippen molar-refractivity contribution in [1.29, 1.82) is 0 Å². The first-order chi connectivity index (χ1) is 14.4. The summed E-state index contributed by atoms with van der Waals surface area (Å²) < 4.78 is 32.8. The number of β-lactam (4-membered cyclic amide) rings is 1. The van der Waals surface area contributed by atoms with E-state index in [0.29, 0.717) is 11.3 Å². The van der Waals surface area contributed by atoms with Crippen LogP contribution in [0.1, 0.15) is 5.69 Å². The molecule has 0 radical (unpaired) electrons. The van der Waals surface area contributed by atoms with Crippen LogP contribution in [0.15, 0.2) is 34.5 Å². The molecule has 18 heteroatoms. The van der Waals surface area contributed by atoms with Gasteiger partial charge in [-0.2, -0.15) is 0 Å². The SMILES string of the molecule is C=CC1=C(C(=O)O)N2C(=O)[C@@H](NC(=O)C(=NO)c3csc(N)n3)[C@H]2SC1.O=S(=O)([O-])O.[K+]. The van der Waals surface area contributed by atoms with Gasteiger partial charge in [-0.05, 0) is 5.57 Å². The Kier molecular flexibility index (Phi) is 10.5. The number of rotatable bonds is 5. The summed E-state index contributed by atoms with van der Waals surface area (Å²) in [5, 5.41) is 24.9. The second-order valence-corrected chi connectivity index (χ2v) is 8.54. The van der Waals surface area contributed by atoms with Crippen LogP contribution < -0.4 is 62.4 Å². The van der Waals surface area contributed by atoms with Crippen LogP contribution in [0.4, 0.5) is 5.13 Å². The monoisotopic (exact) mass is 531 g/mol. The molecule has 0 saturated carbocycles. The summed E-state index contributed by atoms with van der Waals surface area (Å²) in [6, 6.07) is -0.944. The van der Waals surface area contributed by atoms with Gasteiger partial charge in [-0.15, -0.1) is 23.1 Å². The number of nitrogens with one attached hydrogen (secondary N) is 1. The Morgan fingerprint density at radius 1 is 1.47 bits per heavy atom. The third-order valence-corrected chi connectivity index (χ3v) is 5.79. The standard InChI is InChI=1S/C14H13N5O5S2.K.H2O4S/c1-2-5-3-25-12-8(11(21)19(12)9(5)13(22)23)17-10(20)7(18-24)6-4-26-14(15)16-6;;1-5(2,3)4/h2,4,8,12,24H,1,3H2,(H2,15,16)(H,17,20)(H,22,23);;(H2,1,2,3,4)/q;+1;/p-1/t8-,12-;;/m1../s1. The van der Waals surface area contributed by atoms with Crippen LogP contribution >= 0.6 is 23.1 Å². The average molecular weight is 532 g/mol. The Morgan fingerprint density at radius 2 is 2.06 bits per heavy atom. The van der Waals surface area contributed by atoms with Crippen molar-refractivity contribution >= 4 is 62.1 Å². The number of oxime groups is 1. The first kappa shape index (κ1) is 28.7. The van der Waals surface area contributed by atoms with Gasteiger partial charge in [0.1, 0.15) is 22.8 Å². The van der Waals surface area contributed by atoms with E-state index in [2.05, 4.69) is 22.0 Å². The number of aliphatic carboxylic acids is 1. The molecule has 2 aliphatic rings. The van der Waals surface area contributed by atoms with Crippen molar-refractivity contribution in [3.63, 3.8) is 0 Å². The minimum Gasteiger partial charge on any atom is -0.726 e. The number of fused-ring (bicyclic) bond motifs is 1. The maximum Gasteiger partial charge on any atom is 1.00 e. The number of amides is 2. The van der Waals surface area contributed by atoms with Crippen LogP contribution in [0.3, 0.4) is 0 Å². The number of nitrogens with zero attached hydrogens (tertiary/aromatic N) is 3. The number of hydrogen-bond acceptors (Lipinski definition) is 12. The second kappa shape index (κ2) is 11.7. The number of allylic oxidation sites excluding steroid dienone is 1. The van der Waals surface area contributed by atoms with Crippen molar-refractivity contribution in [2.75, 3.05) is 11.5 Å². The Bertz CT molecular complexity index is 1090. The van der Waals surface area contributed by atoms with Gasteiger partial charge in [-0.25, -0.2) is 18.2 Å². The Labute approximate surface area is 231 Å². The molecule has 3 rings (SSSR count). The summed E-state index contributed by atoms with van der Waals surface area (Å²) in [7, 11) is -4.92. The topological polar surface area (TPSA) is 236 Å². The molecule has 0 bridgehead atoms. The number of nitrogens with two attached hydrogens (primary N) is 1. The summed E-state index contributed by atoms with van der Waals surface area (Å²) in [5.74, 6) is -2.27. The molecule has 168 valence electrons. The minimum absolute atomic E-state index is 0. The second-order valence-electron chi connectivity index (χ2n) is 5.69. The van der Waals surface area contributed by atoms with Crippen LogP contribution in [0, 0.1) is 0 Å². The van der Waals surface area contributed by atoms with Crippen molar-refractivity contribution in [3.8, 4) is 0 Å². The molecule has 0 aromatic carbocycles. The minimum atomic E-state index is -4.92. The van der Waals surface area contributed by atoms with Gasteiger partial charge in [-0.1, -0.05) is 17.8 Å². The molecule has 2 atom stereocenters. The number of carboxylic acid groups (broad SMARTS) is 1. The van der Waals surface area contributed by atoms with E-state index < -0.39 is 39.6 Å². The largest absolute Gasteiger partial charge is 1.00 e. The predicted octanol–water partition coefficient (Wildman–Crippen LogP) is -4.16. The molecule has 3 heterocycles. The zero-order chi connectivity index (χ0) is 23.5. The van der Waals surface area contributed by atoms with E-state index in [9.17, 15) is 19.5 Å².